The SMILES string of the molecule is O=C(Cc1c(F)cccc1F)Nc1nnc(CCCCc2ccc(NC(O)Cc3ccccc3)nn2)s1. The summed E-state index contributed by atoms with van der Waals surface area (Å²) in [6.45, 7) is 0. The predicted octanol–water partition coefficient (Wildman–Crippen LogP) is 4.33. The van der Waals surface area contributed by atoms with E-state index in [0.29, 0.717) is 23.8 Å². The Labute approximate surface area is 216 Å². The Morgan fingerprint density at radius 3 is 2.38 bits per heavy atom. The monoisotopic (exact) mass is 524 g/mol. The van der Waals surface area contributed by atoms with Crippen LogP contribution in [-0.2, 0) is 30.5 Å². The lowest BCUT2D eigenvalue weighted by Crippen LogP contribution is -2.22. The average molecular weight is 525 g/mol. The Bertz CT molecular complexity index is 1280. The van der Waals surface area contributed by atoms with Gasteiger partial charge in [0.1, 0.15) is 22.9 Å². The first-order valence-electron chi connectivity index (χ1n) is 11.8. The van der Waals surface area contributed by atoms with Crippen LogP contribution < -0.4 is 10.6 Å². The Morgan fingerprint density at radius 2 is 1.65 bits per heavy atom. The number of nitrogens with zero attached hydrogens (tertiary/aromatic N) is 4. The average Bonchev–Trinajstić information content (AvgIpc) is 3.32. The normalized spacial score (nSPS) is 11.8. The number of hydrogen-bond acceptors (Lipinski definition) is 8. The summed E-state index contributed by atoms with van der Waals surface area (Å²) in [5.74, 6) is -1.57. The first-order valence-corrected chi connectivity index (χ1v) is 12.6. The number of carbonyl (C=O) groups excluding carboxylic acids is 1. The van der Waals surface area contributed by atoms with Crippen molar-refractivity contribution in [3.05, 3.63) is 94.1 Å². The van der Waals surface area contributed by atoms with Gasteiger partial charge in [-0.05, 0) is 49.1 Å². The summed E-state index contributed by atoms with van der Waals surface area (Å²) < 4.78 is 27.5. The first kappa shape index (κ1) is 26.2. The van der Waals surface area contributed by atoms with E-state index >= 15 is 0 Å². The van der Waals surface area contributed by atoms with Gasteiger partial charge in [-0.1, -0.05) is 47.7 Å². The van der Waals surface area contributed by atoms with E-state index in [2.05, 4.69) is 31.0 Å². The molecule has 8 nitrogen and oxygen atoms in total. The minimum absolute atomic E-state index is 0.278. The van der Waals surface area contributed by atoms with Gasteiger partial charge in [-0.2, -0.15) is 5.10 Å². The third kappa shape index (κ3) is 8.09. The van der Waals surface area contributed by atoms with Crippen molar-refractivity contribution in [2.45, 2.75) is 44.8 Å². The smallest absolute Gasteiger partial charge is 0.230 e. The van der Waals surface area contributed by atoms with Crippen LogP contribution >= 0.6 is 11.3 Å². The number of unbranched alkanes of at least 4 members (excludes halogenated alkanes) is 1. The summed E-state index contributed by atoms with van der Waals surface area (Å²) in [6.07, 6.45) is 2.38. The quantitative estimate of drug-likeness (QED) is 0.187. The van der Waals surface area contributed by atoms with Gasteiger partial charge in [0.15, 0.2) is 5.82 Å². The van der Waals surface area contributed by atoms with Gasteiger partial charge in [0.2, 0.25) is 11.0 Å². The van der Waals surface area contributed by atoms with Gasteiger partial charge in [-0.25, -0.2) is 8.78 Å². The number of anilines is 2. The number of amides is 1. The molecule has 3 N–H and O–H groups in total. The van der Waals surface area contributed by atoms with Gasteiger partial charge in [0.25, 0.3) is 0 Å². The van der Waals surface area contributed by atoms with Gasteiger partial charge >= 0.3 is 0 Å². The van der Waals surface area contributed by atoms with Crippen molar-refractivity contribution in [1.82, 2.24) is 20.4 Å². The Balaban J connectivity index is 1.16. The highest BCUT2D eigenvalue weighted by atomic mass is 32.1. The summed E-state index contributed by atoms with van der Waals surface area (Å²) in [4.78, 5) is 12.1. The minimum atomic E-state index is -0.760. The zero-order chi connectivity index (χ0) is 26.0. The molecule has 0 fully saturated rings. The number of benzene rings is 2. The van der Waals surface area contributed by atoms with E-state index < -0.39 is 30.2 Å². The van der Waals surface area contributed by atoms with E-state index in [4.69, 9.17) is 0 Å². The topological polar surface area (TPSA) is 113 Å². The van der Waals surface area contributed by atoms with Crippen LogP contribution in [0.15, 0.2) is 60.7 Å². The van der Waals surface area contributed by atoms with E-state index in [1.165, 1.54) is 17.4 Å². The second-order valence-electron chi connectivity index (χ2n) is 8.39. The number of aryl methyl sites for hydroxylation is 2. The van der Waals surface area contributed by atoms with Crippen LogP contribution in [0.3, 0.4) is 0 Å². The van der Waals surface area contributed by atoms with Crippen molar-refractivity contribution in [3.63, 3.8) is 0 Å². The van der Waals surface area contributed by atoms with Gasteiger partial charge < -0.3 is 15.7 Å². The molecule has 4 aromatic rings. The minimum Gasteiger partial charge on any atom is -0.373 e. The van der Waals surface area contributed by atoms with Crippen LogP contribution in [-0.4, -0.2) is 37.6 Å². The van der Waals surface area contributed by atoms with E-state index in [9.17, 15) is 18.7 Å². The molecule has 0 radical (unpaired) electrons. The van der Waals surface area contributed by atoms with Gasteiger partial charge in [-0.15, -0.1) is 15.3 Å². The van der Waals surface area contributed by atoms with Gasteiger partial charge in [-0.3, -0.25) is 4.79 Å². The molecule has 0 saturated heterocycles. The molecule has 0 saturated carbocycles. The lowest BCUT2D eigenvalue weighted by atomic mass is 10.1. The summed E-state index contributed by atoms with van der Waals surface area (Å²) in [7, 11) is 0. The standard InChI is InChI=1S/C26H26F2N6O2S/c27-20-10-6-11-21(28)19(20)16-24(36)30-26-34-33-25(37-26)12-5-4-9-18-13-14-22(32-31-18)29-23(35)15-17-7-2-1-3-8-17/h1-3,6-8,10-11,13-14,23,35H,4-5,9,12,15-16H2,(H,29,32)(H,30,34,36). The van der Waals surface area contributed by atoms with E-state index in [0.717, 1.165) is 47.7 Å². The second-order valence-corrected chi connectivity index (χ2v) is 9.46. The van der Waals surface area contributed by atoms with E-state index in [-0.39, 0.29) is 5.56 Å². The number of aliphatic hydroxyl groups excluding tert-OH is 1. The van der Waals surface area contributed by atoms with Crippen molar-refractivity contribution in [3.8, 4) is 0 Å². The Morgan fingerprint density at radius 1 is 0.892 bits per heavy atom. The highest BCUT2D eigenvalue weighted by Crippen LogP contribution is 2.19. The number of aromatic nitrogens is 4. The van der Waals surface area contributed by atoms with Gasteiger partial charge in [0, 0.05) is 18.4 Å². The number of halogens is 2. The number of carbonyl (C=O) groups is 1. The molecule has 1 amide bonds. The lowest BCUT2D eigenvalue weighted by Gasteiger charge is -2.13. The number of nitrogens with one attached hydrogen (secondary N) is 2. The van der Waals surface area contributed by atoms with Crippen LogP contribution in [0, 0.1) is 11.6 Å². The largest absolute Gasteiger partial charge is 0.373 e. The molecule has 2 heterocycles. The van der Waals surface area contributed by atoms with Crippen molar-refractivity contribution in [2.75, 3.05) is 10.6 Å². The molecule has 0 aliphatic heterocycles. The zero-order valence-corrected chi connectivity index (χ0v) is 20.7. The molecule has 11 heteroatoms. The fraction of sp³-hybridized carbons (Fsp3) is 0.269. The molecule has 2 aromatic carbocycles. The van der Waals surface area contributed by atoms with Crippen molar-refractivity contribution >= 4 is 28.2 Å². The maximum atomic E-state index is 13.7. The first-order chi connectivity index (χ1) is 18.0. The summed E-state index contributed by atoms with van der Waals surface area (Å²) in [6, 6.07) is 16.8. The van der Waals surface area contributed by atoms with Crippen LogP contribution in [0.5, 0.6) is 0 Å². The summed E-state index contributed by atoms with van der Waals surface area (Å²) in [5, 5.41) is 33.1. The molecule has 192 valence electrons. The molecule has 0 bridgehead atoms. The van der Waals surface area contributed by atoms with Crippen LogP contribution in [0.25, 0.3) is 0 Å². The number of rotatable bonds is 12. The molecule has 2 aromatic heterocycles. The lowest BCUT2D eigenvalue weighted by molar-refractivity contribution is -0.115. The predicted molar refractivity (Wildman–Crippen MR) is 137 cm³/mol. The number of hydrogen-bond donors (Lipinski definition) is 3. The Hall–Kier alpha value is -3.83. The highest BCUT2D eigenvalue weighted by Gasteiger charge is 2.15. The molecule has 1 atom stereocenters. The molecular formula is C26H26F2N6O2S. The number of aliphatic hydroxyl groups is 1. The maximum absolute atomic E-state index is 13.7. The molecule has 4 rings (SSSR count). The maximum Gasteiger partial charge on any atom is 0.230 e. The van der Waals surface area contributed by atoms with E-state index in [1.807, 2.05) is 36.4 Å². The van der Waals surface area contributed by atoms with Crippen LogP contribution in [0.4, 0.5) is 19.7 Å². The van der Waals surface area contributed by atoms with E-state index in [1.54, 1.807) is 6.07 Å². The highest BCUT2D eigenvalue weighted by molar-refractivity contribution is 7.15. The molecule has 0 aliphatic carbocycles. The fourth-order valence-corrected chi connectivity index (χ4v) is 4.44. The van der Waals surface area contributed by atoms with Crippen molar-refractivity contribution < 1.29 is 18.7 Å². The summed E-state index contributed by atoms with van der Waals surface area (Å²) in [5.41, 5.74) is 1.59. The zero-order valence-electron chi connectivity index (χ0n) is 19.9. The molecular weight excluding hydrogens is 498 g/mol. The Kier molecular flexibility index (Phi) is 9.17. The molecule has 37 heavy (non-hydrogen) atoms. The third-order valence-electron chi connectivity index (χ3n) is 5.49. The van der Waals surface area contributed by atoms with Crippen molar-refractivity contribution in [2.24, 2.45) is 0 Å². The second kappa shape index (κ2) is 12.9. The fourth-order valence-electron chi connectivity index (χ4n) is 3.64. The molecule has 0 aliphatic rings. The van der Waals surface area contributed by atoms with Crippen LogP contribution in [0.2, 0.25) is 0 Å². The summed E-state index contributed by atoms with van der Waals surface area (Å²) >= 11 is 1.23. The third-order valence-corrected chi connectivity index (χ3v) is 6.39. The van der Waals surface area contributed by atoms with Crippen LogP contribution in [0.1, 0.15) is 34.7 Å². The molecule has 0 spiro atoms. The molecule has 1 unspecified atom stereocenters. The van der Waals surface area contributed by atoms with Gasteiger partial charge in [0.05, 0.1) is 12.1 Å². The van der Waals surface area contributed by atoms with Crippen molar-refractivity contribution in [1.29, 1.82) is 0 Å².